The third-order valence-electron chi connectivity index (χ3n) is 4.87. The molecule has 2 unspecified atom stereocenters. The Morgan fingerprint density at radius 2 is 2.14 bits per heavy atom. The van der Waals surface area contributed by atoms with E-state index in [0.717, 1.165) is 32.5 Å². The fraction of sp³-hybridized carbons (Fsp3) is 0.588. The number of hydrogen-bond donors (Lipinski definition) is 1. The van der Waals surface area contributed by atoms with Crippen molar-refractivity contribution < 1.29 is 4.79 Å². The Balaban J connectivity index is 0.00000161. The molecular formula is C17H25ClN2O. The Morgan fingerprint density at radius 3 is 2.76 bits per heavy atom. The molecule has 2 atom stereocenters. The van der Waals surface area contributed by atoms with Gasteiger partial charge in [0.25, 0.3) is 0 Å². The molecule has 0 aliphatic carbocycles. The van der Waals surface area contributed by atoms with E-state index in [1.165, 1.54) is 11.1 Å². The number of carbonyl (C=O) groups excluding carboxylic acids is 1. The van der Waals surface area contributed by atoms with Gasteiger partial charge >= 0.3 is 0 Å². The number of amides is 1. The SMILES string of the molecule is Cc1cccc(C2CCCN2C(=O)C(C)C2CNC2)c1.Cl. The highest BCUT2D eigenvalue weighted by Crippen LogP contribution is 2.34. The van der Waals surface area contributed by atoms with Gasteiger partial charge in [0.05, 0.1) is 6.04 Å². The second-order valence-electron chi connectivity index (χ2n) is 6.31. The van der Waals surface area contributed by atoms with Gasteiger partial charge in [-0.3, -0.25) is 4.79 Å². The van der Waals surface area contributed by atoms with Crippen LogP contribution in [0.4, 0.5) is 0 Å². The van der Waals surface area contributed by atoms with E-state index in [1.807, 2.05) is 0 Å². The number of benzene rings is 1. The van der Waals surface area contributed by atoms with Crippen LogP contribution in [0.5, 0.6) is 0 Å². The molecule has 2 fully saturated rings. The van der Waals surface area contributed by atoms with Crippen molar-refractivity contribution in [1.29, 1.82) is 0 Å². The minimum atomic E-state index is 0. The van der Waals surface area contributed by atoms with Crippen LogP contribution in [-0.2, 0) is 4.79 Å². The third kappa shape index (κ3) is 3.24. The van der Waals surface area contributed by atoms with E-state index in [2.05, 4.69) is 48.3 Å². The van der Waals surface area contributed by atoms with E-state index < -0.39 is 0 Å². The summed E-state index contributed by atoms with van der Waals surface area (Å²) < 4.78 is 0. The van der Waals surface area contributed by atoms with Crippen molar-refractivity contribution >= 4 is 18.3 Å². The molecule has 0 aromatic heterocycles. The quantitative estimate of drug-likeness (QED) is 0.931. The maximum absolute atomic E-state index is 12.7. The molecule has 3 nitrogen and oxygen atoms in total. The summed E-state index contributed by atoms with van der Waals surface area (Å²) in [6.07, 6.45) is 2.23. The molecule has 2 heterocycles. The Bertz CT molecular complexity index is 501. The number of hydrogen-bond acceptors (Lipinski definition) is 2. The fourth-order valence-electron chi connectivity index (χ4n) is 3.38. The highest BCUT2D eigenvalue weighted by molar-refractivity contribution is 5.85. The van der Waals surface area contributed by atoms with Crippen LogP contribution in [0.1, 0.15) is 36.9 Å². The Hall–Kier alpha value is -1.06. The van der Waals surface area contributed by atoms with Crippen molar-refractivity contribution in [1.82, 2.24) is 10.2 Å². The van der Waals surface area contributed by atoms with Crippen molar-refractivity contribution in [3.63, 3.8) is 0 Å². The normalized spacial score (nSPS) is 23.3. The van der Waals surface area contributed by atoms with Crippen LogP contribution in [0.15, 0.2) is 24.3 Å². The van der Waals surface area contributed by atoms with Gasteiger partial charge in [0.1, 0.15) is 0 Å². The van der Waals surface area contributed by atoms with Crippen LogP contribution in [0, 0.1) is 18.8 Å². The van der Waals surface area contributed by atoms with E-state index in [4.69, 9.17) is 0 Å². The van der Waals surface area contributed by atoms with Gasteiger partial charge in [-0.1, -0.05) is 36.8 Å². The topological polar surface area (TPSA) is 32.3 Å². The van der Waals surface area contributed by atoms with Gasteiger partial charge in [0.2, 0.25) is 5.91 Å². The number of halogens is 1. The summed E-state index contributed by atoms with van der Waals surface area (Å²) in [7, 11) is 0. The molecule has 4 heteroatoms. The van der Waals surface area contributed by atoms with E-state index in [-0.39, 0.29) is 24.4 Å². The molecule has 2 saturated heterocycles. The Labute approximate surface area is 133 Å². The molecule has 1 N–H and O–H groups in total. The van der Waals surface area contributed by atoms with Gasteiger partial charge in [-0.05, 0) is 44.3 Å². The molecular weight excluding hydrogens is 284 g/mol. The largest absolute Gasteiger partial charge is 0.335 e. The predicted octanol–water partition coefficient (Wildman–Crippen LogP) is 2.94. The molecule has 0 radical (unpaired) electrons. The van der Waals surface area contributed by atoms with Crippen molar-refractivity contribution in [3.05, 3.63) is 35.4 Å². The first kappa shape index (κ1) is 16.3. The predicted molar refractivity (Wildman–Crippen MR) is 87.6 cm³/mol. The third-order valence-corrected chi connectivity index (χ3v) is 4.87. The van der Waals surface area contributed by atoms with E-state index >= 15 is 0 Å². The average molecular weight is 309 g/mol. The number of nitrogens with zero attached hydrogens (tertiary/aromatic N) is 1. The summed E-state index contributed by atoms with van der Waals surface area (Å²) >= 11 is 0. The number of aryl methyl sites for hydroxylation is 1. The van der Waals surface area contributed by atoms with Crippen LogP contribution in [-0.4, -0.2) is 30.4 Å². The lowest BCUT2D eigenvalue weighted by Crippen LogP contribution is -2.50. The first-order chi connectivity index (χ1) is 9.66. The second-order valence-corrected chi connectivity index (χ2v) is 6.31. The van der Waals surface area contributed by atoms with E-state index in [0.29, 0.717) is 11.8 Å². The zero-order valence-electron chi connectivity index (χ0n) is 12.8. The van der Waals surface area contributed by atoms with E-state index in [1.54, 1.807) is 0 Å². The van der Waals surface area contributed by atoms with Gasteiger partial charge in [0, 0.05) is 12.5 Å². The second kappa shape index (κ2) is 6.80. The van der Waals surface area contributed by atoms with Crippen LogP contribution in [0.25, 0.3) is 0 Å². The van der Waals surface area contributed by atoms with Crippen molar-refractivity contribution in [2.75, 3.05) is 19.6 Å². The van der Waals surface area contributed by atoms with Crippen LogP contribution in [0.2, 0.25) is 0 Å². The Kier molecular flexibility index (Phi) is 5.28. The fourth-order valence-corrected chi connectivity index (χ4v) is 3.38. The monoisotopic (exact) mass is 308 g/mol. The summed E-state index contributed by atoms with van der Waals surface area (Å²) in [5.74, 6) is 1.03. The summed E-state index contributed by atoms with van der Waals surface area (Å²) in [6.45, 7) is 7.13. The average Bonchev–Trinajstić information content (AvgIpc) is 2.84. The maximum atomic E-state index is 12.7. The zero-order chi connectivity index (χ0) is 14.1. The van der Waals surface area contributed by atoms with Crippen LogP contribution >= 0.6 is 12.4 Å². The standard InChI is InChI=1S/C17H24N2O.ClH/c1-12-5-3-6-14(9-12)16-7-4-8-19(16)17(20)13(2)15-10-18-11-15;/h3,5-6,9,13,15-16,18H,4,7-8,10-11H2,1-2H3;1H. The lowest BCUT2D eigenvalue weighted by atomic mass is 9.87. The maximum Gasteiger partial charge on any atom is 0.226 e. The number of likely N-dealkylation sites (tertiary alicyclic amines) is 1. The van der Waals surface area contributed by atoms with Crippen LogP contribution < -0.4 is 5.32 Å². The van der Waals surface area contributed by atoms with Gasteiger partial charge in [-0.15, -0.1) is 12.4 Å². The van der Waals surface area contributed by atoms with Crippen molar-refractivity contribution in [2.45, 2.75) is 32.7 Å². The molecule has 2 aliphatic rings. The first-order valence-corrected chi connectivity index (χ1v) is 7.74. The minimum absolute atomic E-state index is 0. The molecule has 2 aliphatic heterocycles. The number of nitrogens with one attached hydrogen (secondary N) is 1. The summed E-state index contributed by atoms with van der Waals surface area (Å²) in [4.78, 5) is 14.9. The first-order valence-electron chi connectivity index (χ1n) is 7.74. The number of rotatable bonds is 3. The van der Waals surface area contributed by atoms with Crippen molar-refractivity contribution in [2.24, 2.45) is 11.8 Å². The smallest absolute Gasteiger partial charge is 0.226 e. The number of carbonyl (C=O) groups is 1. The molecule has 1 aromatic rings. The molecule has 0 bridgehead atoms. The molecule has 3 rings (SSSR count). The molecule has 1 aromatic carbocycles. The van der Waals surface area contributed by atoms with E-state index in [9.17, 15) is 4.79 Å². The molecule has 21 heavy (non-hydrogen) atoms. The summed E-state index contributed by atoms with van der Waals surface area (Å²) in [6, 6.07) is 8.90. The highest BCUT2D eigenvalue weighted by Gasteiger charge is 2.36. The zero-order valence-corrected chi connectivity index (χ0v) is 13.7. The minimum Gasteiger partial charge on any atom is -0.335 e. The van der Waals surface area contributed by atoms with Crippen LogP contribution in [0.3, 0.4) is 0 Å². The van der Waals surface area contributed by atoms with Gasteiger partial charge in [-0.2, -0.15) is 0 Å². The van der Waals surface area contributed by atoms with Crippen molar-refractivity contribution in [3.8, 4) is 0 Å². The molecule has 0 spiro atoms. The van der Waals surface area contributed by atoms with Gasteiger partial charge < -0.3 is 10.2 Å². The highest BCUT2D eigenvalue weighted by atomic mass is 35.5. The van der Waals surface area contributed by atoms with Gasteiger partial charge in [-0.25, -0.2) is 0 Å². The van der Waals surface area contributed by atoms with Gasteiger partial charge in [0.15, 0.2) is 0 Å². The summed E-state index contributed by atoms with van der Waals surface area (Å²) in [5, 5.41) is 3.27. The lowest BCUT2D eigenvalue weighted by Gasteiger charge is -2.36. The summed E-state index contributed by atoms with van der Waals surface area (Å²) in [5.41, 5.74) is 2.58. The molecule has 0 saturated carbocycles. The molecule has 116 valence electrons. The lowest BCUT2D eigenvalue weighted by molar-refractivity contribution is -0.138. The Morgan fingerprint density at radius 1 is 1.38 bits per heavy atom. The molecule has 1 amide bonds.